The maximum Gasteiger partial charge on any atom is 0.141 e. The van der Waals surface area contributed by atoms with E-state index in [1.165, 1.54) is 0 Å². The zero-order chi connectivity index (χ0) is 13.9. The van der Waals surface area contributed by atoms with Gasteiger partial charge in [-0.1, -0.05) is 0 Å². The molecule has 102 valence electrons. The summed E-state index contributed by atoms with van der Waals surface area (Å²) in [7, 11) is -0.503. The van der Waals surface area contributed by atoms with E-state index in [0.717, 1.165) is 23.4 Å². The minimum Gasteiger partial charge on any atom is -0.360 e. The largest absolute Gasteiger partial charge is 0.360 e. The molecule has 0 bridgehead atoms. The van der Waals surface area contributed by atoms with Gasteiger partial charge in [-0.05, 0) is 30.9 Å². The van der Waals surface area contributed by atoms with E-state index in [4.69, 9.17) is 10.00 Å². The van der Waals surface area contributed by atoms with Crippen LogP contribution in [0.2, 0.25) is 0 Å². The third-order valence-corrected chi connectivity index (χ3v) is 4.19. The number of nitrogens with zero attached hydrogens (tertiary/aromatic N) is 3. The van der Waals surface area contributed by atoms with Crippen molar-refractivity contribution >= 4 is 21.1 Å². The number of hydrogen-bond donors (Lipinski definition) is 0. The first-order valence-electron chi connectivity index (χ1n) is 6.08. The highest BCUT2D eigenvalue weighted by Gasteiger charge is 2.05. The lowest BCUT2D eigenvalue weighted by atomic mass is 10.2. The van der Waals surface area contributed by atoms with E-state index in [1.54, 1.807) is 6.20 Å². The SMILES string of the molecule is CS(C)(C)CCOCn1ccc2cc(C#N)cnc21. The average Bonchev–Trinajstić information content (AvgIpc) is 2.75. The molecule has 0 aliphatic carbocycles. The zero-order valence-electron chi connectivity index (χ0n) is 11.6. The molecular formula is C14H19N3OS. The topological polar surface area (TPSA) is 50.8 Å². The van der Waals surface area contributed by atoms with Crippen LogP contribution >= 0.6 is 10.0 Å². The van der Waals surface area contributed by atoms with Gasteiger partial charge in [0, 0.05) is 23.5 Å². The Bertz CT molecular complexity index is 607. The monoisotopic (exact) mass is 277 g/mol. The smallest absolute Gasteiger partial charge is 0.141 e. The molecule has 0 unspecified atom stereocenters. The summed E-state index contributed by atoms with van der Waals surface area (Å²) >= 11 is 0. The second-order valence-electron chi connectivity index (χ2n) is 5.37. The lowest BCUT2D eigenvalue weighted by Crippen LogP contribution is -2.09. The lowest BCUT2D eigenvalue weighted by Gasteiger charge is -2.24. The predicted octanol–water partition coefficient (Wildman–Crippen LogP) is 2.58. The van der Waals surface area contributed by atoms with Crippen LogP contribution in [0.4, 0.5) is 0 Å². The maximum atomic E-state index is 8.83. The fourth-order valence-corrected chi connectivity index (χ4v) is 2.33. The molecule has 2 aromatic heterocycles. The number of ether oxygens (including phenoxy) is 1. The number of fused-ring (bicyclic) bond motifs is 1. The molecule has 0 radical (unpaired) electrons. The van der Waals surface area contributed by atoms with Gasteiger partial charge in [0.1, 0.15) is 18.4 Å². The van der Waals surface area contributed by atoms with Crippen LogP contribution in [-0.4, -0.2) is 40.7 Å². The van der Waals surface area contributed by atoms with Crippen LogP contribution in [-0.2, 0) is 11.5 Å². The Hall–Kier alpha value is -1.51. The van der Waals surface area contributed by atoms with Gasteiger partial charge in [-0.25, -0.2) is 15.0 Å². The van der Waals surface area contributed by atoms with Crippen molar-refractivity contribution in [1.29, 1.82) is 5.26 Å². The Morgan fingerprint density at radius 3 is 2.89 bits per heavy atom. The van der Waals surface area contributed by atoms with E-state index < -0.39 is 10.0 Å². The van der Waals surface area contributed by atoms with Crippen molar-refractivity contribution in [3.8, 4) is 6.07 Å². The van der Waals surface area contributed by atoms with Gasteiger partial charge >= 0.3 is 0 Å². The van der Waals surface area contributed by atoms with Gasteiger partial charge in [-0.2, -0.15) is 5.26 Å². The van der Waals surface area contributed by atoms with Crippen LogP contribution in [0.3, 0.4) is 0 Å². The Kier molecular flexibility index (Phi) is 4.13. The van der Waals surface area contributed by atoms with Gasteiger partial charge in [0.25, 0.3) is 0 Å². The molecule has 0 aromatic carbocycles. The summed E-state index contributed by atoms with van der Waals surface area (Å²) in [6.07, 6.45) is 10.4. The van der Waals surface area contributed by atoms with Gasteiger partial charge in [0.15, 0.2) is 0 Å². The zero-order valence-corrected chi connectivity index (χ0v) is 12.4. The number of nitriles is 1. The molecule has 0 amide bonds. The van der Waals surface area contributed by atoms with Crippen molar-refractivity contribution in [2.24, 2.45) is 0 Å². The van der Waals surface area contributed by atoms with Crippen LogP contribution < -0.4 is 0 Å². The quantitative estimate of drug-likeness (QED) is 0.789. The average molecular weight is 277 g/mol. The molecule has 5 heteroatoms. The van der Waals surface area contributed by atoms with Crippen molar-refractivity contribution < 1.29 is 4.74 Å². The Balaban J connectivity index is 2.00. The summed E-state index contributed by atoms with van der Waals surface area (Å²) in [5.74, 6) is 1.11. The van der Waals surface area contributed by atoms with Crippen molar-refractivity contribution in [1.82, 2.24) is 9.55 Å². The van der Waals surface area contributed by atoms with Crippen LogP contribution in [0.15, 0.2) is 24.5 Å². The van der Waals surface area contributed by atoms with E-state index in [-0.39, 0.29) is 0 Å². The molecule has 0 saturated heterocycles. The van der Waals surface area contributed by atoms with Gasteiger partial charge < -0.3 is 9.30 Å². The molecule has 19 heavy (non-hydrogen) atoms. The molecule has 0 spiro atoms. The summed E-state index contributed by atoms with van der Waals surface area (Å²) in [5.41, 5.74) is 1.45. The lowest BCUT2D eigenvalue weighted by molar-refractivity contribution is 0.0924. The van der Waals surface area contributed by atoms with E-state index in [2.05, 4.69) is 29.8 Å². The van der Waals surface area contributed by atoms with Crippen LogP contribution in [0.5, 0.6) is 0 Å². The molecule has 0 aliphatic heterocycles. The van der Waals surface area contributed by atoms with Gasteiger partial charge in [-0.15, -0.1) is 0 Å². The summed E-state index contributed by atoms with van der Waals surface area (Å²) in [5, 5.41) is 9.81. The standard InChI is InChI=1S/C14H19N3OS/c1-19(2,3)7-6-18-11-17-5-4-13-8-12(9-15)10-16-14(13)17/h4-5,8,10H,6-7,11H2,1-3H3. The molecule has 2 heterocycles. The highest BCUT2D eigenvalue weighted by Crippen LogP contribution is 2.33. The van der Waals surface area contributed by atoms with E-state index in [0.29, 0.717) is 12.3 Å². The number of hydrogen-bond acceptors (Lipinski definition) is 3. The predicted molar refractivity (Wildman–Crippen MR) is 80.6 cm³/mol. The minimum absolute atomic E-state index is 0.503. The fraction of sp³-hybridized carbons (Fsp3) is 0.429. The second-order valence-corrected chi connectivity index (χ2v) is 9.96. The van der Waals surface area contributed by atoms with Crippen molar-refractivity contribution in [3.05, 3.63) is 30.1 Å². The Labute approximate surface area is 115 Å². The molecule has 0 atom stereocenters. The molecular weight excluding hydrogens is 258 g/mol. The summed E-state index contributed by atoms with van der Waals surface area (Å²) in [6.45, 7) is 1.28. The van der Waals surface area contributed by atoms with Gasteiger partial charge in [-0.3, -0.25) is 0 Å². The highest BCUT2D eigenvalue weighted by molar-refractivity contribution is 8.32. The van der Waals surface area contributed by atoms with Crippen LogP contribution in [0.25, 0.3) is 11.0 Å². The van der Waals surface area contributed by atoms with Gasteiger partial charge in [0.2, 0.25) is 0 Å². The molecule has 0 N–H and O–H groups in total. The van der Waals surface area contributed by atoms with Crippen molar-refractivity contribution in [3.63, 3.8) is 0 Å². The first kappa shape index (κ1) is 13.9. The van der Waals surface area contributed by atoms with E-state index in [9.17, 15) is 0 Å². The summed E-state index contributed by atoms with van der Waals surface area (Å²) < 4.78 is 7.66. The Morgan fingerprint density at radius 1 is 1.42 bits per heavy atom. The van der Waals surface area contributed by atoms with Crippen molar-refractivity contribution in [2.45, 2.75) is 6.73 Å². The van der Waals surface area contributed by atoms with Gasteiger partial charge in [0.05, 0.1) is 12.2 Å². The molecule has 0 fully saturated rings. The molecule has 2 rings (SSSR count). The first-order chi connectivity index (χ1) is 8.99. The molecule has 0 saturated carbocycles. The number of pyridine rings is 1. The van der Waals surface area contributed by atoms with E-state index in [1.807, 2.05) is 22.9 Å². The third-order valence-electron chi connectivity index (χ3n) is 2.80. The molecule has 0 aliphatic rings. The molecule has 4 nitrogen and oxygen atoms in total. The summed E-state index contributed by atoms with van der Waals surface area (Å²) in [6, 6.07) is 5.90. The maximum absolute atomic E-state index is 8.83. The van der Waals surface area contributed by atoms with E-state index >= 15 is 0 Å². The number of rotatable bonds is 5. The fourth-order valence-electron chi connectivity index (χ4n) is 1.72. The summed E-state index contributed by atoms with van der Waals surface area (Å²) in [4.78, 5) is 4.31. The van der Waals surface area contributed by atoms with Crippen molar-refractivity contribution in [2.75, 3.05) is 31.1 Å². The normalized spacial score (nSPS) is 12.5. The Morgan fingerprint density at radius 2 is 2.21 bits per heavy atom. The number of aromatic nitrogens is 2. The van der Waals surface area contributed by atoms with Crippen LogP contribution in [0.1, 0.15) is 5.56 Å². The molecule has 2 aromatic rings. The minimum atomic E-state index is -0.503. The third kappa shape index (κ3) is 3.72. The first-order valence-corrected chi connectivity index (χ1v) is 9.11. The van der Waals surface area contributed by atoms with Crippen LogP contribution in [0, 0.1) is 11.3 Å². The highest BCUT2D eigenvalue weighted by atomic mass is 32.3. The second kappa shape index (κ2) is 5.64.